The second-order valence-electron chi connectivity index (χ2n) is 9.27. The molecule has 3 aromatic carbocycles. The van der Waals surface area contributed by atoms with Gasteiger partial charge in [0, 0.05) is 6.54 Å². The molecule has 0 bridgehead atoms. The predicted octanol–water partition coefficient (Wildman–Crippen LogP) is 6.63. The number of piperidine rings is 1. The van der Waals surface area contributed by atoms with E-state index in [0.717, 1.165) is 5.56 Å². The number of rotatable bonds is 5. The van der Waals surface area contributed by atoms with E-state index < -0.39 is 23.6 Å². The van der Waals surface area contributed by atoms with Gasteiger partial charge in [-0.25, -0.2) is 8.78 Å². The number of aryl methyl sites for hydroxylation is 2. The zero-order chi connectivity index (χ0) is 27.8. The summed E-state index contributed by atoms with van der Waals surface area (Å²) in [5, 5.41) is 0. The van der Waals surface area contributed by atoms with Crippen molar-refractivity contribution in [1.82, 2.24) is 4.90 Å². The predicted molar refractivity (Wildman–Crippen MR) is 142 cm³/mol. The summed E-state index contributed by atoms with van der Waals surface area (Å²) in [5.41, 5.74) is 2.41. The van der Waals surface area contributed by atoms with Gasteiger partial charge < -0.3 is 9.64 Å². The van der Waals surface area contributed by atoms with Crippen LogP contribution in [0.1, 0.15) is 70.1 Å². The van der Waals surface area contributed by atoms with Gasteiger partial charge in [-0.05, 0) is 69.4 Å². The van der Waals surface area contributed by atoms with Crippen molar-refractivity contribution in [3.63, 3.8) is 0 Å². The third-order valence-electron chi connectivity index (χ3n) is 6.63. The molecule has 0 spiro atoms. The lowest BCUT2D eigenvalue weighted by molar-refractivity contribution is -0.151. The summed E-state index contributed by atoms with van der Waals surface area (Å²) in [4.78, 5) is 38.3. The van der Waals surface area contributed by atoms with E-state index in [2.05, 4.69) is 0 Å². The Hall–Kier alpha value is -3.87. The Morgan fingerprint density at radius 2 is 1.45 bits per heavy atom. The van der Waals surface area contributed by atoms with Gasteiger partial charge in [0.15, 0.2) is 5.78 Å². The van der Waals surface area contributed by atoms with Gasteiger partial charge in [-0.1, -0.05) is 54.6 Å². The van der Waals surface area contributed by atoms with E-state index in [9.17, 15) is 23.2 Å². The summed E-state index contributed by atoms with van der Waals surface area (Å²) in [6.45, 7) is 7.34. The number of esters is 1. The van der Waals surface area contributed by atoms with Crippen LogP contribution in [0, 0.1) is 31.4 Å². The fraction of sp³-hybridized carbons (Fsp3) is 0.323. The van der Waals surface area contributed by atoms with Crippen LogP contribution in [0.4, 0.5) is 8.78 Å². The Kier molecular flexibility index (Phi) is 9.88. The molecule has 0 aliphatic carbocycles. The summed E-state index contributed by atoms with van der Waals surface area (Å²) in [6, 6.07) is 18.2. The van der Waals surface area contributed by atoms with Gasteiger partial charge in [0.05, 0.1) is 29.7 Å². The summed E-state index contributed by atoms with van der Waals surface area (Å²) < 4.78 is 32.6. The molecule has 1 fully saturated rings. The molecule has 0 N–H and O–H groups in total. The number of hydrogen-bond donors (Lipinski definition) is 0. The highest BCUT2D eigenvalue weighted by Crippen LogP contribution is 2.38. The number of carbonyl (C=O) groups excluding carboxylic acids is 3. The number of Topliss-reactive ketones (excluding diaryl/α,β-unsaturated/α-hetero) is 1. The quantitative estimate of drug-likeness (QED) is 0.279. The topological polar surface area (TPSA) is 63.7 Å². The number of carbonyl (C=O) groups is 3. The lowest BCUT2D eigenvalue weighted by Gasteiger charge is -2.40. The molecule has 0 unspecified atom stereocenters. The molecule has 5 nitrogen and oxygen atoms in total. The van der Waals surface area contributed by atoms with E-state index in [1.165, 1.54) is 19.1 Å². The van der Waals surface area contributed by atoms with Gasteiger partial charge in [-0.3, -0.25) is 14.4 Å². The summed E-state index contributed by atoms with van der Waals surface area (Å²) in [5.74, 6) is -2.34. The number of ketones is 1. The average molecular weight is 522 g/mol. The van der Waals surface area contributed by atoms with Crippen LogP contribution in [-0.4, -0.2) is 35.7 Å². The zero-order valence-electron chi connectivity index (χ0n) is 22.2. The second-order valence-corrected chi connectivity index (χ2v) is 9.27. The van der Waals surface area contributed by atoms with E-state index in [-0.39, 0.29) is 35.4 Å². The molecule has 7 heteroatoms. The van der Waals surface area contributed by atoms with Gasteiger partial charge in [0.25, 0.3) is 5.91 Å². The first-order valence-electron chi connectivity index (χ1n) is 12.7. The molecule has 38 heavy (non-hydrogen) atoms. The Morgan fingerprint density at radius 1 is 0.868 bits per heavy atom. The summed E-state index contributed by atoms with van der Waals surface area (Å²) >= 11 is 0. The third kappa shape index (κ3) is 6.52. The second kappa shape index (κ2) is 13.1. The molecule has 1 aliphatic rings. The molecular weight excluding hydrogens is 488 g/mol. The number of benzene rings is 3. The maximum atomic E-state index is 14.4. The minimum absolute atomic E-state index is 0.0722. The Labute approximate surface area is 222 Å². The molecular formula is C31H33F2NO4. The summed E-state index contributed by atoms with van der Waals surface area (Å²) in [7, 11) is 0. The third-order valence-corrected chi connectivity index (χ3v) is 6.63. The molecule has 0 saturated carbocycles. The number of amides is 1. The first-order chi connectivity index (χ1) is 18.2. The van der Waals surface area contributed by atoms with Gasteiger partial charge in [-0.2, -0.15) is 0 Å². The summed E-state index contributed by atoms with van der Waals surface area (Å²) in [6.07, 6.45) is 1.31. The monoisotopic (exact) mass is 521 g/mol. The van der Waals surface area contributed by atoms with Crippen molar-refractivity contribution in [1.29, 1.82) is 0 Å². The maximum Gasteiger partial charge on any atom is 0.311 e. The highest BCUT2D eigenvalue weighted by Gasteiger charge is 2.41. The highest BCUT2D eigenvalue weighted by atomic mass is 19.1. The molecule has 1 heterocycles. The molecule has 2 atom stereocenters. The van der Waals surface area contributed by atoms with Crippen LogP contribution in [0.25, 0.3) is 0 Å². The van der Waals surface area contributed by atoms with Gasteiger partial charge >= 0.3 is 5.97 Å². The van der Waals surface area contributed by atoms with Crippen molar-refractivity contribution in [2.45, 2.75) is 46.6 Å². The van der Waals surface area contributed by atoms with Crippen LogP contribution in [-0.2, 0) is 9.53 Å². The van der Waals surface area contributed by atoms with E-state index in [0.29, 0.717) is 30.5 Å². The normalized spacial score (nSPS) is 16.7. The van der Waals surface area contributed by atoms with Crippen LogP contribution in [0.15, 0.2) is 66.7 Å². The Balaban J connectivity index is 0.000000304. The minimum Gasteiger partial charge on any atom is -0.466 e. The van der Waals surface area contributed by atoms with Crippen LogP contribution in [0.3, 0.4) is 0 Å². The fourth-order valence-corrected chi connectivity index (χ4v) is 4.91. The van der Waals surface area contributed by atoms with Crippen molar-refractivity contribution < 1.29 is 27.9 Å². The molecule has 3 aromatic rings. The average Bonchev–Trinajstić information content (AvgIpc) is 2.89. The number of nitrogens with zero attached hydrogens (tertiary/aromatic N) is 1. The Bertz CT molecular complexity index is 1250. The first-order valence-corrected chi connectivity index (χ1v) is 12.7. The first kappa shape index (κ1) is 28.7. The number of ether oxygens (including phenoxy) is 1. The van der Waals surface area contributed by atoms with E-state index >= 15 is 0 Å². The van der Waals surface area contributed by atoms with Crippen LogP contribution in [0.2, 0.25) is 0 Å². The number of halogens is 2. The minimum atomic E-state index is -0.537. The molecule has 0 radical (unpaired) electrons. The van der Waals surface area contributed by atoms with Crippen molar-refractivity contribution >= 4 is 17.7 Å². The largest absolute Gasteiger partial charge is 0.466 e. The zero-order valence-corrected chi connectivity index (χ0v) is 22.2. The molecule has 1 amide bonds. The smallest absolute Gasteiger partial charge is 0.311 e. The number of hydrogen-bond acceptors (Lipinski definition) is 4. The van der Waals surface area contributed by atoms with Crippen LogP contribution in [0.5, 0.6) is 0 Å². The van der Waals surface area contributed by atoms with E-state index in [4.69, 9.17) is 4.74 Å². The maximum absolute atomic E-state index is 14.4. The van der Waals surface area contributed by atoms with Gasteiger partial charge in [-0.15, -0.1) is 0 Å². The van der Waals surface area contributed by atoms with Crippen molar-refractivity contribution in [2.24, 2.45) is 5.92 Å². The van der Waals surface area contributed by atoms with Crippen molar-refractivity contribution in [2.75, 3.05) is 13.2 Å². The van der Waals surface area contributed by atoms with Gasteiger partial charge in [0.1, 0.15) is 11.6 Å². The van der Waals surface area contributed by atoms with Crippen molar-refractivity contribution in [3.05, 3.63) is 106 Å². The lowest BCUT2D eigenvalue weighted by Crippen LogP contribution is -2.46. The molecule has 0 aromatic heterocycles. The van der Waals surface area contributed by atoms with Crippen molar-refractivity contribution in [3.8, 4) is 0 Å². The SMILES string of the molecule is CC(=O)c1c(C)cccc1F.CCOC(=O)[C@H]1CCCN(C(=O)c2c(C)cccc2F)[C@H]1c1ccccc1. The van der Waals surface area contributed by atoms with Crippen LogP contribution < -0.4 is 0 Å². The van der Waals surface area contributed by atoms with E-state index in [1.807, 2.05) is 30.3 Å². The molecule has 200 valence electrons. The van der Waals surface area contributed by atoms with Gasteiger partial charge in [0.2, 0.25) is 0 Å². The standard InChI is InChI=1S/C22H24FNO3.C9H9FO/c1-3-27-22(26)17-12-8-14-24(20(17)16-10-5-4-6-11-16)21(25)19-15(2)9-7-13-18(19)23;1-6-4-3-5-8(10)9(6)7(2)11/h4-7,9-11,13,17,20H,3,8,12,14H2,1-2H3;3-5H,1-2H3/t17-,20-;/m0./s1. The molecule has 4 rings (SSSR count). The molecule has 1 aliphatic heterocycles. The molecule has 1 saturated heterocycles. The fourth-order valence-electron chi connectivity index (χ4n) is 4.91. The Morgan fingerprint density at radius 3 is 1.95 bits per heavy atom. The van der Waals surface area contributed by atoms with E-state index in [1.54, 1.807) is 49.9 Å². The highest BCUT2D eigenvalue weighted by molar-refractivity contribution is 5.97. The number of likely N-dealkylation sites (tertiary alicyclic amines) is 1. The van der Waals surface area contributed by atoms with Crippen LogP contribution >= 0.6 is 0 Å². The lowest BCUT2D eigenvalue weighted by atomic mass is 9.84.